The van der Waals surface area contributed by atoms with Gasteiger partial charge in [-0.25, -0.2) is 0 Å². The highest BCUT2D eigenvalue weighted by Gasteiger charge is 2.12. The zero-order valence-corrected chi connectivity index (χ0v) is 9.93. The predicted octanol–water partition coefficient (Wildman–Crippen LogP) is 0.965. The molecule has 0 spiro atoms. The van der Waals surface area contributed by atoms with Gasteiger partial charge in [-0.15, -0.1) is 0 Å². The number of unbranched alkanes of at least 4 members (excludes halogenated alkanes) is 1. The van der Waals surface area contributed by atoms with Crippen molar-refractivity contribution in [2.75, 3.05) is 13.2 Å². The first-order chi connectivity index (χ1) is 8.27. The standard InChI is InChI=1S/C13H20N2O2/c14-9-5-4-8-13(17)15-12(10-16)11-6-2-1-3-7-11/h1-3,6-7,12,16H,4-5,8-10,14H2,(H,15,17). The van der Waals surface area contributed by atoms with E-state index in [9.17, 15) is 9.90 Å². The number of nitrogens with one attached hydrogen (secondary N) is 1. The second-order valence-corrected chi connectivity index (χ2v) is 3.96. The maximum atomic E-state index is 11.6. The number of aliphatic hydroxyl groups excluding tert-OH is 1. The summed E-state index contributed by atoms with van der Waals surface area (Å²) in [6, 6.07) is 9.14. The second-order valence-electron chi connectivity index (χ2n) is 3.96. The Bertz CT molecular complexity index is 327. The molecule has 94 valence electrons. The van der Waals surface area contributed by atoms with E-state index in [1.807, 2.05) is 30.3 Å². The van der Waals surface area contributed by atoms with Crippen molar-refractivity contribution in [2.45, 2.75) is 25.3 Å². The number of aliphatic hydroxyl groups is 1. The third kappa shape index (κ3) is 4.97. The van der Waals surface area contributed by atoms with Gasteiger partial charge in [-0.05, 0) is 24.9 Å². The molecule has 1 aromatic carbocycles. The maximum absolute atomic E-state index is 11.6. The van der Waals surface area contributed by atoms with Crippen LogP contribution in [-0.4, -0.2) is 24.2 Å². The van der Waals surface area contributed by atoms with Crippen LogP contribution in [0.2, 0.25) is 0 Å². The highest BCUT2D eigenvalue weighted by molar-refractivity contribution is 5.76. The molecule has 0 aliphatic rings. The maximum Gasteiger partial charge on any atom is 0.220 e. The normalized spacial score (nSPS) is 12.1. The van der Waals surface area contributed by atoms with E-state index in [0.717, 1.165) is 18.4 Å². The molecule has 0 saturated carbocycles. The lowest BCUT2D eigenvalue weighted by atomic mass is 10.1. The molecule has 1 rings (SSSR count). The minimum Gasteiger partial charge on any atom is -0.394 e. The summed E-state index contributed by atoms with van der Waals surface area (Å²) in [6.07, 6.45) is 2.10. The average molecular weight is 236 g/mol. The van der Waals surface area contributed by atoms with Gasteiger partial charge in [0.15, 0.2) is 0 Å². The minimum atomic E-state index is -0.318. The van der Waals surface area contributed by atoms with Gasteiger partial charge < -0.3 is 16.2 Å². The zero-order valence-electron chi connectivity index (χ0n) is 9.93. The Balaban J connectivity index is 2.44. The van der Waals surface area contributed by atoms with Gasteiger partial charge in [-0.3, -0.25) is 4.79 Å². The minimum absolute atomic E-state index is 0.0404. The molecule has 0 heterocycles. The van der Waals surface area contributed by atoms with Crippen LogP contribution in [0.4, 0.5) is 0 Å². The molecule has 0 radical (unpaired) electrons. The number of hydrogen-bond acceptors (Lipinski definition) is 3. The molecule has 1 amide bonds. The molecule has 0 bridgehead atoms. The summed E-state index contributed by atoms with van der Waals surface area (Å²) in [5, 5.41) is 12.1. The summed E-state index contributed by atoms with van der Waals surface area (Å²) in [5.41, 5.74) is 6.28. The third-order valence-corrected chi connectivity index (χ3v) is 2.58. The lowest BCUT2D eigenvalue weighted by molar-refractivity contribution is -0.122. The Hall–Kier alpha value is -1.39. The molecular weight excluding hydrogens is 216 g/mol. The number of carbonyl (C=O) groups is 1. The van der Waals surface area contributed by atoms with Crippen molar-refractivity contribution >= 4 is 5.91 Å². The van der Waals surface area contributed by atoms with E-state index in [1.165, 1.54) is 0 Å². The van der Waals surface area contributed by atoms with Gasteiger partial charge in [0, 0.05) is 6.42 Å². The lowest BCUT2D eigenvalue weighted by Gasteiger charge is -2.16. The average Bonchev–Trinajstić information content (AvgIpc) is 2.37. The SMILES string of the molecule is NCCCCC(=O)NC(CO)c1ccccc1. The van der Waals surface area contributed by atoms with Crippen LogP contribution in [0.5, 0.6) is 0 Å². The molecular formula is C13H20N2O2. The van der Waals surface area contributed by atoms with Gasteiger partial charge in [0.05, 0.1) is 12.6 Å². The summed E-state index contributed by atoms with van der Waals surface area (Å²) in [5.74, 6) is -0.0404. The molecule has 4 heteroatoms. The Morgan fingerprint density at radius 2 is 2.00 bits per heavy atom. The van der Waals surface area contributed by atoms with E-state index < -0.39 is 0 Å². The molecule has 1 unspecified atom stereocenters. The Kier molecular flexibility index (Phi) is 6.29. The van der Waals surface area contributed by atoms with E-state index >= 15 is 0 Å². The topological polar surface area (TPSA) is 75.4 Å². The molecule has 0 aliphatic heterocycles. The molecule has 17 heavy (non-hydrogen) atoms. The van der Waals surface area contributed by atoms with Crippen molar-refractivity contribution in [1.82, 2.24) is 5.32 Å². The number of nitrogens with two attached hydrogens (primary N) is 1. The number of rotatable bonds is 7. The number of carbonyl (C=O) groups excluding carboxylic acids is 1. The summed E-state index contributed by atoms with van der Waals surface area (Å²) >= 11 is 0. The zero-order chi connectivity index (χ0) is 12.5. The van der Waals surface area contributed by atoms with Crippen LogP contribution < -0.4 is 11.1 Å². The van der Waals surface area contributed by atoms with E-state index in [2.05, 4.69) is 5.32 Å². The molecule has 0 saturated heterocycles. The molecule has 0 aromatic heterocycles. The van der Waals surface area contributed by atoms with Crippen molar-refractivity contribution in [2.24, 2.45) is 5.73 Å². The lowest BCUT2D eigenvalue weighted by Crippen LogP contribution is -2.30. The molecule has 4 nitrogen and oxygen atoms in total. The van der Waals surface area contributed by atoms with Crippen LogP contribution >= 0.6 is 0 Å². The van der Waals surface area contributed by atoms with Gasteiger partial charge in [0.2, 0.25) is 5.91 Å². The van der Waals surface area contributed by atoms with Crippen molar-refractivity contribution in [3.05, 3.63) is 35.9 Å². The van der Waals surface area contributed by atoms with Crippen molar-refractivity contribution in [3.8, 4) is 0 Å². The number of hydrogen-bond donors (Lipinski definition) is 3. The molecule has 0 aliphatic carbocycles. The van der Waals surface area contributed by atoms with Crippen LogP contribution in [0.15, 0.2) is 30.3 Å². The fraction of sp³-hybridized carbons (Fsp3) is 0.462. The summed E-state index contributed by atoms with van der Waals surface area (Å²) in [7, 11) is 0. The fourth-order valence-electron chi connectivity index (χ4n) is 1.62. The molecule has 4 N–H and O–H groups in total. The third-order valence-electron chi connectivity index (χ3n) is 2.58. The quantitative estimate of drug-likeness (QED) is 0.617. The van der Waals surface area contributed by atoms with Crippen LogP contribution in [0, 0.1) is 0 Å². The van der Waals surface area contributed by atoms with Crippen molar-refractivity contribution < 1.29 is 9.90 Å². The molecule has 1 atom stereocenters. The first kappa shape index (κ1) is 13.7. The Labute approximate surface area is 102 Å². The summed E-state index contributed by atoms with van der Waals surface area (Å²) < 4.78 is 0. The smallest absolute Gasteiger partial charge is 0.220 e. The van der Waals surface area contributed by atoms with Gasteiger partial charge in [-0.2, -0.15) is 0 Å². The van der Waals surface area contributed by atoms with Crippen LogP contribution in [-0.2, 0) is 4.79 Å². The van der Waals surface area contributed by atoms with E-state index in [0.29, 0.717) is 13.0 Å². The van der Waals surface area contributed by atoms with Gasteiger partial charge >= 0.3 is 0 Å². The molecule has 1 aromatic rings. The summed E-state index contributed by atoms with van der Waals surface area (Å²) in [6.45, 7) is 0.516. The Morgan fingerprint density at radius 3 is 2.59 bits per heavy atom. The van der Waals surface area contributed by atoms with Gasteiger partial charge in [-0.1, -0.05) is 30.3 Å². The van der Waals surface area contributed by atoms with E-state index in [-0.39, 0.29) is 18.6 Å². The van der Waals surface area contributed by atoms with Crippen molar-refractivity contribution in [1.29, 1.82) is 0 Å². The van der Waals surface area contributed by atoms with Gasteiger partial charge in [0.25, 0.3) is 0 Å². The van der Waals surface area contributed by atoms with Crippen LogP contribution in [0.3, 0.4) is 0 Å². The summed E-state index contributed by atoms with van der Waals surface area (Å²) in [4.78, 5) is 11.6. The number of amides is 1. The monoisotopic (exact) mass is 236 g/mol. The fourth-order valence-corrected chi connectivity index (χ4v) is 1.62. The van der Waals surface area contributed by atoms with Crippen LogP contribution in [0.25, 0.3) is 0 Å². The first-order valence-corrected chi connectivity index (χ1v) is 5.93. The van der Waals surface area contributed by atoms with E-state index in [1.54, 1.807) is 0 Å². The first-order valence-electron chi connectivity index (χ1n) is 5.93. The number of benzene rings is 1. The Morgan fingerprint density at radius 1 is 1.29 bits per heavy atom. The second kappa shape index (κ2) is 7.81. The molecule has 0 fully saturated rings. The highest BCUT2D eigenvalue weighted by atomic mass is 16.3. The predicted molar refractivity (Wildman–Crippen MR) is 67.3 cm³/mol. The highest BCUT2D eigenvalue weighted by Crippen LogP contribution is 2.11. The van der Waals surface area contributed by atoms with E-state index in [4.69, 9.17) is 5.73 Å². The van der Waals surface area contributed by atoms with Crippen LogP contribution in [0.1, 0.15) is 30.9 Å². The van der Waals surface area contributed by atoms with Gasteiger partial charge in [0.1, 0.15) is 0 Å². The largest absolute Gasteiger partial charge is 0.394 e. The van der Waals surface area contributed by atoms with Crippen molar-refractivity contribution in [3.63, 3.8) is 0 Å².